The minimum atomic E-state index is -0.00594. The number of furan rings is 1. The molecule has 1 aliphatic heterocycles. The molecule has 1 atom stereocenters. The van der Waals surface area contributed by atoms with Crippen molar-refractivity contribution in [2.45, 2.75) is 19.8 Å². The van der Waals surface area contributed by atoms with Gasteiger partial charge in [-0.2, -0.15) is 0 Å². The van der Waals surface area contributed by atoms with Gasteiger partial charge in [0.15, 0.2) is 0 Å². The van der Waals surface area contributed by atoms with Crippen LogP contribution in [0.2, 0.25) is 0 Å². The van der Waals surface area contributed by atoms with Gasteiger partial charge in [-0.1, -0.05) is 0 Å². The van der Waals surface area contributed by atoms with Crippen molar-refractivity contribution in [2.75, 3.05) is 39.9 Å². The predicted molar refractivity (Wildman–Crippen MR) is 94.3 cm³/mol. The minimum absolute atomic E-state index is 0.00594. The van der Waals surface area contributed by atoms with Crippen molar-refractivity contribution in [3.05, 3.63) is 35.6 Å². The molecule has 130 valence electrons. The number of ether oxygens (including phenoxy) is 1. The molecule has 1 fully saturated rings. The monoisotopic (exact) mass is 330 g/mol. The molecule has 24 heavy (non-hydrogen) atoms. The van der Waals surface area contributed by atoms with Gasteiger partial charge in [0.05, 0.1) is 0 Å². The van der Waals surface area contributed by atoms with E-state index in [1.807, 2.05) is 31.2 Å². The van der Waals surface area contributed by atoms with Crippen LogP contribution in [0.5, 0.6) is 0 Å². The van der Waals surface area contributed by atoms with Crippen molar-refractivity contribution in [2.24, 2.45) is 5.92 Å². The smallest absolute Gasteiger partial charge is 0.251 e. The number of rotatable bonds is 7. The summed E-state index contributed by atoms with van der Waals surface area (Å²) in [7, 11) is 1.74. The zero-order valence-electron chi connectivity index (χ0n) is 14.5. The minimum Gasteiger partial charge on any atom is -0.461 e. The van der Waals surface area contributed by atoms with E-state index in [4.69, 9.17) is 9.15 Å². The lowest BCUT2D eigenvalue weighted by Crippen LogP contribution is -2.31. The Morgan fingerprint density at radius 2 is 2.29 bits per heavy atom. The Morgan fingerprint density at radius 1 is 1.42 bits per heavy atom. The van der Waals surface area contributed by atoms with Crippen LogP contribution in [0.25, 0.3) is 11.0 Å². The molecule has 5 heteroatoms. The van der Waals surface area contributed by atoms with Crippen LogP contribution in [0.3, 0.4) is 0 Å². The first-order chi connectivity index (χ1) is 11.7. The number of aryl methyl sites for hydroxylation is 1. The topological polar surface area (TPSA) is 54.7 Å². The second-order valence-corrected chi connectivity index (χ2v) is 6.62. The lowest BCUT2D eigenvalue weighted by molar-refractivity contribution is 0.0947. The standard InChI is InChI=1S/C19H26N2O3/c1-14-10-17-11-16(4-5-18(17)24-14)19(22)20-12-15-6-8-21(13-15)7-3-9-23-2/h4-5,10-11,15H,3,6-9,12-13H2,1-2H3,(H,20,22)/t15-/m0/s1. The highest BCUT2D eigenvalue weighted by Crippen LogP contribution is 2.20. The van der Waals surface area contributed by atoms with E-state index >= 15 is 0 Å². The molecule has 1 aliphatic rings. The molecule has 2 aromatic rings. The summed E-state index contributed by atoms with van der Waals surface area (Å²) in [5, 5.41) is 4.06. The normalized spacial score (nSPS) is 18.3. The van der Waals surface area contributed by atoms with Crippen molar-refractivity contribution in [3.63, 3.8) is 0 Å². The summed E-state index contributed by atoms with van der Waals surface area (Å²) >= 11 is 0. The maximum Gasteiger partial charge on any atom is 0.251 e. The number of methoxy groups -OCH3 is 1. The Morgan fingerprint density at radius 3 is 3.12 bits per heavy atom. The van der Waals surface area contributed by atoms with Gasteiger partial charge in [-0.05, 0) is 56.5 Å². The Labute approximate surface area is 143 Å². The van der Waals surface area contributed by atoms with Gasteiger partial charge < -0.3 is 19.4 Å². The fourth-order valence-corrected chi connectivity index (χ4v) is 3.37. The van der Waals surface area contributed by atoms with Crippen LogP contribution in [-0.4, -0.2) is 50.7 Å². The highest BCUT2D eigenvalue weighted by Gasteiger charge is 2.22. The lowest BCUT2D eigenvalue weighted by atomic mass is 10.1. The maximum absolute atomic E-state index is 12.4. The third-order valence-corrected chi connectivity index (χ3v) is 4.65. The van der Waals surface area contributed by atoms with Gasteiger partial charge in [-0.15, -0.1) is 0 Å². The van der Waals surface area contributed by atoms with Crippen LogP contribution in [0.15, 0.2) is 28.7 Å². The summed E-state index contributed by atoms with van der Waals surface area (Å²) in [6, 6.07) is 7.55. The first-order valence-corrected chi connectivity index (χ1v) is 8.65. The van der Waals surface area contributed by atoms with Gasteiger partial charge in [-0.3, -0.25) is 4.79 Å². The fourth-order valence-electron chi connectivity index (χ4n) is 3.37. The third-order valence-electron chi connectivity index (χ3n) is 4.65. The molecule has 1 N–H and O–H groups in total. The average Bonchev–Trinajstić information content (AvgIpc) is 3.17. The van der Waals surface area contributed by atoms with Crippen LogP contribution in [0.1, 0.15) is 29.0 Å². The van der Waals surface area contributed by atoms with Gasteiger partial charge in [0.1, 0.15) is 11.3 Å². The van der Waals surface area contributed by atoms with Gasteiger partial charge in [0.2, 0.25) is 0 Å². The van der Waals surface area contributed by atoms with Crippen molar-refractivity contribution in [1.82, 2.24) is 10.2 Å². The maximum atomic E-state index is 12.4. The number of nitrogens with zero attached hydrogens (tertiary/aromatic N) is 1. The number of nitrogens with one attached hydrogen (secondary N) is 1. The number of hydrogen-bond donors (Lipinski definition) is 1. The molecule has 5 nitrogen and oxygen atoms in total. The van der Waals surface area contributed by atoms with E-state index in [2.05, 4.69) is 10.2 Å². The molecule has 0 radical (unpaired) electrons. The van der Waals surface area contributed by atoms with E-state index in [1.54, 1.807) is 7.11 Å². The summed E-state index contributed by atoms with van der Waals surface area (Å²) < 4.78 is 10.6. The second kappa shape index (κ2) is 7.81. The number of carbonyl (C=O) groups excluding carboxylic acids is 1. The van der Waals surface area contributed by atoms with E-state index in [-0.39, 0.29) is 5.91 Å². The van der Waals surface area contributed by atoms with Crippen LogP contribution in [0, 0.1) is 12.8 Å². The van der Waals surface area contributed by atoms with Crippen LogP contribution >= 0.6 is 0 Å². The van der Waals surface area contributed by atoms with Crippen LogP contribution in [0.4, 0.5) is 0 Å². The summed E-state index contributed by atoms with van der Waals surface area (Å²) in [4.78, 5) is 14.8. The van der Waals surface area contributed by atoms with E-state index in [0.717, 1.165) is 62.4 Å². The van der Waals surface area contributed by atoms with Crippen molar-refractivity contribution < 1.29 is 13.9 Å². The largest absolute Gasteiger partial charge is 0.461 e. The van der Waals surface area contributed by atoms with E-state index in [9.17, 15) is 4.79 Å². The number of carbonyl (C=O) groups is 1. The number of hydrogen-bond acceptors (Lipinski definition) is 4. The molecule has 0 unspecified atom stereocenters. The third kappa shape index (κ3) is 4.16. The molecule has 1 aromatic carbocycles. The molecule has 1 amide bonds. The Bertz CT molecular complexity index is 695. The molecule has 2 heterocycles. The second-order valence-electron chi connectivity index (χ2n) is 6.62. The Hall–Kier alpha value is -1.85. The van der Waals surface area contributed by atoms with Crippen molar-refractivity contribution in [3.8, 4) is 0 Å². The molecular weight excluding hydrogens is 304 g/mol. The average molecular weight is 330 g/mol. The summed E-state index contributed by atoms with van der Waals surface area (Å²) in [6.45, 7) is 6.72. The number of benzene rings is 1. The zero-order valence-corrected chi connectivity index (χ0v) is 14.5. The lowest BCUT2D eigenvalue weighted by Gasteiger charge is -2.16. The van der Waals surface area contributed by atoms with Gasteiger partial charge >= 0.3 is 0 Å². The molecular formula is C19H26N2O3. The Kier molecular flexibility index (Phi) is 5.53. The first-order valence-electron chi connectivity index (χ1n) is 8.65. The highest BCUT2D eigenvalue weighted by atomic mass is 16.5. The number of amides is 1. The van der Waals surface area contributed by atoms with E-state index in [0.29, 0.717) is 11.5 Å². The van der Waals surface area contributed by atoms with Gasteiger partial charge in [-0.25, -0.2) is 0 Å². The van der Waals surface area contributed by atoms with Gasteiger partial charge in [0, 0.05) is 44.3 Å². The SMILES string of the molecule is COCCCN1CC[C@@H](CNC(=O)c2ccc3oc(C)cc3c2)C1. The van der Waals surface area contributed by atoms with E-state index < -0.39 is 0 Å². The van der Waals surface area contributed by atoms with Gasteiger partial charge in [0.25, 0.3) is 5.91 Å². The number of likely N-dealkylation sites (tertiary alicyclic amines) is 1. The van der Waals surface area contributed by atoms with Crippen LogP contribution < -0.4 is 5.32 Å². The van der Waals surface area contributed by atoms with Crippen molar-refractivity contribution in [1.29, 1.82) is 0 Å². The molecule has 1 aromatic heterocycles. The highest BCUT2D eigenvalue weighted by molar-refractivity contribution is 5.97. The molecule has 0 saturated carbocycles. The van der Waals surface area contributed by atoms with Crippen molar-refractivity contribution >= 4 is 16.9 Å². The summed E-state index contributed by atoms with van der Waals surface area (Å²) in [6.07, 6.45) is 2.22. The fraction of sp³-hybridized carbons (Fsp3) is 0.526. The molecule has 0 bridgehead atoms. The zero-order chi connectivity index (χ0) is 16.9. The quantitative estimate of drug-likeness (QED) is 0.793. The predicted octanol–water partition coefficient (Wildman–Crippen LogP) is 2.83. The Balaban J connectivity index is 1.48. The number of fused-ring (bicyclic) bond motifs is 1. The molecule has 3 rings (SSSR count). The summed E-state index contributed by atoms with van der Waals surface area (Å²) in [5.74, 6) is 1.40. The first kappa shape index (κ1) is 17.0. The molecule has 1 saturated heterocycles. The molecule has 0 spiro atoms. The summed E-state index contributed by atoms with van der Waals surface area (Å²) in [5.41, 5.74) is 1.52. The van der Waals surface area contributed by atoms with Crippen LogP contribution in [-0.2, 0) is 4.74 Å². The van der Waals surface area contributed by atoms with E-state index in [1.165, 1.54) is 0 Å². The molecule has 0 aliphatic carbocycles.